The first-order chi connectivity index (χ1) is 18.2. The van der Waals surface area contributed by atoms with E-state index in [-0.39, 0.29) is 53.4 Å². The van der Waals surface area contributed by atoms with Gasteiger partial charge in [-0.05, 0) is 61.0 Å². The van der Waals surface area contributed by atoms with Crippen molar-refractivity contribution in [3.63, 3.8) is 0 Å². The number of piperazine rings is 1. The minimum absolute atomic E-state index is 0. The lowest BCUT2D eigenvalue weighted by Crippen LogP contribution is -2.47. The SMILES string of the molecule is COc1ccccc1N1CCN(c2cc(C(=O)O)c3cc(NS(=O)(=O)c4cccc(C)c4)ccc3n2)CC1.Cl.Cl.Cl. The number of carboxylic acids is 1. The number of rotatable bonds is 7. The van der Waals surface area contributed by atoms with E-state index in [4.69, 9.17) is 9.72 Å². The Balaban J connectivity index is 0.00000196. The number of fused-ring (bicyclic) bond motifs is 1. The van der Waals surface area contributed by atoms with Gasteiger partial charge >= 0.3 is 5.97 Å². The number of benzene rings is 3. The average Bonchev–Trinajstić information content (AvgIpc) is 2.92. The third-order valence-electron chi connectivity index (χ3n) is 6.61. The Kier molecular flexibility index (Phi) is 11.5. The molecule has 0 saturated carbocycles. The van der Waals surface area contributed by atoms with Gasteiger partial charge in [0.25, 0.3) is 10.0 Å². The highest BCUT2D eigenvalue weighted by Gasteiger charge is 2.23. The summed E-state index contributed by atoms with van der Waals surface area (Å²) in [5, 5.41) is 10.3. The monoisotopic (exact) mass is 640 g/mol. The van der Waals surface area contributed by atoms with E-state index in [1.807, 2.05) is 37.3 Å². The van der Waals surface area contributed by atoms with Gasteiger partial charge in [-0.2, -0.15) is 0 Å². The van der Waals surface area contributed by atoms with Crippen molar-refractivity contribution in [1.82, 2.24) is 4.98 Å². The van der Waals surface area contributed by atoms with Crippen LogP contribution in [0, 0.1) is 6.92 Å². The Morgan fingerprint density at radius 2 is 1.59 bits per heavy atom. The molecule has 1 aromatic heterocycles. The number of para-hydroxylation sites is 2. The lowest BCUT2D eigenvalue weighted by Gasteiger charge is -2.37. The van der Waals surface area contributed by atoms with Gasteiger partial charge < -0.3 is 19.6 Å². The second-order valence-corrected chi connectivity index (χ2v) is 10.8. The molecule has 3 aromatic carbocycles. The first-order valence-corrected chi connectivity index (χ1v) is 13.6. The van der Waals surface area contributed by atoms with E-state index in [9.17, 15) is 18.3 Å². The fourth-order valence-corrected chi connectivity index (χ4v) is 5.83. The average molecular weight is 642 g/mol. The van der Waals surface area contributed by atoms with Gasteiger partial charge in [0.2, 0.25) is 0 Å². The molecule has 0 amide bonds. The molecule has 13 heteroatoms. The standard InChI is InChI=1S/C28H28N4O5S.3ClH/c1-19-6-5-7-21(16-19)38(35,36)30-20-10-11-24-22(17-20)23(28(33)34)18-27(29-24)32-14-12-31(13-15-32)25-8-3-4-9-26(25)37-2;;;/h3-11,16-18,30H,12-15H2,1-2H3,(H,33,34);3*1H. The summed E-state index contributed by atoms with van der Waals surface area (Å²) in [5.74, 6) is 0.277. The molecule has 2 heterocycles. The minimum Gasteiger partial charge on any atom is -0.495 e. The predicted molar refractivity (Wildman–Crippen MR) is 170 cm³/mol. The van der Waals surface area contributed by atoms with E-state index in [0.717, 1.165) is 30.1 Å². The molecule has 0 aliphatic carbocycles. The van der Waals surface area contributed by atoms with Crippen LogP contribution in [0.15, 0.2) is 77.7 Å². The first kappa shape index (κ1) is 33.8. The smallest absolute Gasteiger partial charge is 0.336 e. The maximum Gasteiger partial charge on any atom is 0.336 e. The Bertz CT molecular complexity index is 1630. The molecular formula is C28H31Cl3N4O5S. The largest absolute Gasteiger partial charge is 0.495 e. The van der Waals surface area contributed by atoms with Crippen molar-refractivity contribution in [1.29, 1.82) is 0 Å². The molecule has 1 aliphatic heterocycles. The van der Waals surface area contributed by atoms with Gasteiger partial charge in [0.15, 0.2) is 0 Å². The van der Waals surface area contributed by atoms with Crippen molar-refractivity contribution in [3.05, 3.63) is 83.9 Å². The van der Waals surface area contributed by atoms with E-state index in [0.29, 0.717) is 29.8 Å². The molecule has 0 radical (unpaired) electrons. The summed E-state index contributed by atoms with van der Waals surface area (Å²) in [6.45, 7) is 4.58. The van der Waals surface area contributed by atoms with Gasteiger partial charge in [0, 0.05) is 37.3 Å². The van der Waals surface area contributed by atoms with Crippen molar-refractivity contribution < 1.29 is 23.1 Å². The number of nitrogens with one attached hydrogen (secondary N) is 1. The van der Waals surface area contributed by atoms with Crippen LogP contribution in [0.2, 0.25) is 0 Å². The van der Waals surface area contributed by atoms with Crippen molar-refractivity contribution >= 4 is 81.3 Å². The van der Waals surface area contributed by atoms with Crippen LogP contribution in [0.4, 0.5) is 17.2 Å². The molecule has 41 heavy (non-hydrogen) atoms. The van der Waals surface area contributed by atoms with E-state index in [1.54, 1.807) is 37.4 Å². The van der Waals surface area contributed by atoms with Crippen molar-refractivity contribution in [3.8, 4) is 5.75 Å². The summed E-state index contributed by atoms with van der Waals surface area (Å²) >= 11 is 0. The summed E-state index contributed by atoms with van der Waals surface area (Å²) in [4.78, 5) is 21.4. The Labute approximate surface area is 257 Å². The molecule has 0 atom stereocenters. The molecule has 1 saturated heterocycles. The minimum atomic E-state index is -3.84. The van der Waals surface area contributed by atoms with Crippen molar-refractivity contribution in [2.24, 2.45) is 0 Å². The van der Waals surface area contributed by atoms with Crippen LogP contribution in [0.3, 0.4) is 0 Å². The van der Waals surface area contributed by atoms with Crippen LogP contribution in [-0.4, -0.2) is 57.8 Å². The number of methoxy groups -OCH3 is 1. The predicted octanol–water partition coefficient (Wildman–Crippen LogP) is 5.64. The molecule has 0 spiro atoms. The number of halogens is 3. The lowest BCUT2D eigenvalue weighted by atomic mass is 10.1. The molecule has 0 bridgehead atoms. The number of carbonyl (C=O) groups is 1. The van der Waals surface area contributed by atoms with Crippen LogP contribution in [0.1, 0.15) is 15.9 Å². The fraction of sp³-hybridized carbons (Fsp3) is 0.214. The Morgan fingerprint density at radius 3 is 2.24 bits per heavy atom. The van der Waals surface area contributed by atoms with Crippen LogP contribution < -0.4 is 19.3 Å². The zero-order valence-electron chi connectivity index (χ0n) is 22.3. The zero-order chi connectivity index (χ0) is 26.9. The number of aryl methyl sites for hydroxylation is 1. The molecule has 220 valence electrons. The van der Waals surface area contributed by atoms with Gasteiger partial charge in [0.05, 0.1) is 28.8 Å². The highest BCUT2D eigenvalue weighted by Crippen LogP contribution is 2.31. The van der Waals surface area contributed by atoms with Gasteiger partial charge in [-0.1, -0.05) is 24.3 Å². The molecule has 2 N–H and O–H groups in total. The topological polar surface area (TPSA) is 112 Å². The fourth-order valence-electron chi connectivity index (χ4n) is 4.68. The summed E-state index contributed by atoms with van der Waals surface area (Å²) in [6.07, 6.45) is 0. The number of hydrogen-bond donors (Lipinski definition) is 2. The van der Waals surface area contributed by atoms with E-state index in [2.05, 4.69) is 14.5 Å². The zero-order valence-corrected chi connectivity index (χ0v) is 25.6. The Morgan fingerprint density at radius 1 is 0.902 bits per heavy atom. The second kappa shape index (κ2) is 14.0. The number of ether oxygens (including phenoxy) is 1. The number of nitrogens with zero attached hydrogens (tertiary/aromatic N) is 3. The summed E-state index contributed by atoms with van der Waals surface area (Å²) in [5.41, 5.74) is 2.65. The van der Waals surface area contributed by atoms with E-state index < -0.39 is 16.0 Å². The van der Waals surface area contributed by atoms with E-state index in [1.165, 1.54) is 12.1 Å². The molecule has 5 rings (SSSR count). The third-order valence-corrected chi connectivity index (χ3v) is 7.99. The normalized spacial score (nSPS) is 12.9. The van der Waals surface area contributed by atoms with Gasteiger partial charge in [0.1, 0.15) is 11.6 Å². The third kappa shape index (κ3) is 7.26. The lowest BCUT2D eigenvalue weighted by molar-refractivity contribution is 0.0699. The van der Waals surface area contributed by atoms with Crippen LogP contribution in [-0.2, 0) is 10.0 Å². The summed E-state index contributed by atoms with van der Waals surface area (Å²) in [6, 6.07) is 20.8. The number of anilines is 3. The maximum atomic E-state index is 12.9. The van der Waals surface area contributed by atoms with Crippen LogP contribution in [0.25, 0.3) is 10.9 Å². The highest BCUT2D eigenvalue weighted by atomic mass is 35.5. The number of pyridine rings is 1. The summed E-state index contributed by atoms with van der Waals surface area (Å²) in [7, 11) is -2.18. The highest BCUT2D eigenvalue weighted by molar-refractivity contribution is 7.92. The maximum absolute atomic E-state index is 12.9. The molecule has 0 unspecified atom stereocenters. The quantitative estimate of drug-likeness (QED) is 0.267. The number of aromatic nitrogens is 1. The number of carboxylic acid groups (broad SMARTS) is 1. The molecule has 9 nitrogen and oxygen atoms in total. The van der Waals surface area contributed by atoms with E-state index >= 15 is 0 Å². The van der Waals surface area contributed by atoms with Crippen molar-refractivity contribution in [2.45, 2.75) is 11.8 Å². The molecule has 1 aliphatic rings. The Hall–Kier alpha value is -3.44. The van der Waals surface area contributed by atoms with Gasteiger partial charge in [-0.3, -0.25) is 4.72 Å². The molecular weight excluding hydrogens is 611 g/mol. The van der Waals surface area contributed by atoms with Gasteiger partial charge in [-0.25, -0.2) is 18.2 Å². The molecule has 4 aromatic rings. The molecule has 1 fully saturated rings. The second-order valence-electron chi connectivity index (χ2n) is 9.13. The number of sulfonamides is 1. The van der Waals surface area contributed by atoms with Crippen LogP contribution in [0.5, 0.6) is 5.75 Å². The van der Waals surface area contributed by atoms with Gasteiger partial charge in [-0.15, -0.1) is 37.2 Å². The summed E-state index contributed by atoms with van der Waals surface area (Å²) < 4.78 is 33.8. The van der Waals surface area contributed by atoms with Crippen molar-refractivity contribution in [2.75, 3.05) is 47.8 Å². The van der Waals surface area contributed by atoms with Crippen LogP contribution >= 0.6 is 37.2 Å². The first-order valence-electron chi connectivity index (χ1n) is 12.2. The number of aromatic carboxylic acids is 1. The number of hydrogen-bond acceptors (Lipinski definition) is 7.